The van der Waals surface area contributed by atoms with Crippen LogP contribution in [0.3, 0.4) is 0 Å². The molecule has 2 aliphatic rings. The van der Waals surface area contributed by atoms with Crippen LogP contribution in [-0.2, 0) is 11.2 Å². The van der Waals surface area contributed by atoms with Gasteiger partial charge in [0.1, 0.15) is 4.32 Å². The van der Waals surface area contributed by atoms with E-state index in [1.807, 2.05) is 18.2 Å². The Hall–Kier alpha value is -1.27. The van der Waals surface area contributed by atoms with E-state index in [-0.39, 0.29) is 18.0 Å². The number of carbonyl (C=O) groups excluding carboxylic acids is 1. The molecule has 1 aromatic carbocycles. The summed E-state index contributed by atoms with van der Waals surface area (Å²) in [6, 6.07) is 5.83. The van der Waals surface area contributed by atoms with Gasteiger partial charge < -0.3 is 9.47 Å². The average Bonchev–Trinajstić information content (AvgIpc) is 2.98. The van der Waals surface area contributed by atoms with Crippen LogP contribution in [0.1, 0.15) is 19.4 Å². The Labute approximate surface area is 133 Å². The third-order valence-electron chi connectivity index (χ3n) is 3.41. The molecule has 1 amide bonds. The second kappa shape index (κ2) is 5.85. The van der Waals surface area contributed by atoms with Crippen molar-refractivity contribution in [2.75, 3.05) is 13.3 Å². The zero-order valence-electron chi connectivity index (χ0n) is 12.0. The summed E-state index contributed by atoms with van der Waals surface area (Å²) in [5.41, 5.74) is 1.07. The maximum Gasteiger partial charge on any atom is 0.241 e. The van der Waals surface area contributed by atoms with E-state index in [0.717, 1.165) is 17.1 Å². The number of nitrogens with zero attached hydrogens (tertiary/aromatic N) is 1. The molecule has 6 heteroatoms. The number of benzene rings is 1. The van der Waals surface area contributed by atoms with Crippen LogP contribution < -0.4 is 9.47 Å². The summed E-state index contributed by atoms with van der Waals surface area (Å²) in [6.07, 6.45) is 0.662. The summed E-state index contributed by atoms with van der Waals surface area (Å²) in [6.45, 7) is 5.14. The van der Waals surface area contributed by atoms with Gasteiger partial charge >= 0.3 is 0 Å². The van der Waals surface area contributed by atoms with Crippen molar-refractivity contribution in [3.05, 3.63) is 23.8 Å². The lowest BCUT2D eigenvalue weighted by Gasteiger charge is -2.17. The number of hydrogen-bond acceptors (Lipinski definition) is 5. The minimum atomic E-state index is -0.128. The Bertz CT molecular complexity index is 588. The molecule has 1 saturated heterocycles. The van der Waals surface area contributed by atoms with E-state index in [4.69, 9.17) is 21.7 Å². The molecule has 1 atom stereocenters. The van der Waals surface area contributed by atoms with Gasteiger partial charge in [-0.25, -0.2) is 0 Å². The highest BCUT2D eigenvalue weighted by Gasteiger charge is 2.37. The number of carbonyl (C=O) groups is 1. The summed E-state index contributed by atoms with van der Waals surface area (Å²) in [4.78, 5) is 14.2. The van der Waals surface area contributed by atoms with Crippen molar-refractivity contribution in [2.24, 2.45) is 5.92 Å². The van der Waals surface area contributed by atoms with E-state index in [0.29, 0.717) is 23.2 Å². The van der Waals surface area contributed by atoms with Gasteiger partial charge in [0.25, 0.3) is 0 Å². The molecule has 0 aromatic heterocycles. The Morgan fingerprint density at radius 3 is 2.90 bits per heavy atom. The number of thioether (sulfide) groups is 1. The van der Waals surface area contributed by atoms with Crippen molar-refractivity contribution < 1.29 is 14.3 Å². The lowest BCUT2D eigenvalue weighted by atomic mass is 10.1. The number of amides is 1. The van der Waals surface area contributed by atoms with E-state index < -0.39 is 0 Å². The van der Waals surface area contributed by atoms with Crippen molar-refractivity contribution in [3.8, 4) is 11.5 Å². The molecule has 4 nitrogen and oxygen atoms in total. The molecule has 112 valence electrons. The molecule has 0 aliphatic carbocycles. The van der Waals surface area contributed by atoms with Gasteiger partial charge in [0, 0.05) is 6.54 Å². The number of rotatable bonds is 4. The lowest BCUT2D eigenvalue weighted by molar-refractivity contribution is -0.126. The van der Waals surface area contributed by atoms with Crippen molar-refractivity contribution in [2.45, 2.75) is 25.5 Å². The van der Waals surface area contributed by atoms with Crippen molar-refractivity contribution in [3.63, 3.8) is 0 Å². The number of thiocarbonyl (C=S) groups is 1. The first-order chi connectivity index (χ1) is 10.0. The molecule has 0 N–H and O–H groups in total. The number of fused-ring (bicyclic) bond motifs is 1. The molecule has 1 fully saturated rings. The van der Waals surface area contributed by atoms with E-state index in [2.05, 4.69) is 13.8 Å². The third-order valence-corrected chi connectivity index (χ3v) is 4.99. The topological polar surface area (TPSA) is 38.8 Å². The van der Waals surface area contributed by atoms with Gasteiger partial charge in [0.15, 0.2) is 11.5 Å². The van der Waals surface area contributed by atoms with Crippen LogP contribution >= 0.6 is 24.0 Å². The fourth-order valence-corrected chi connectivity index (χ4v) is 3.99. The second-order valence-electron chi connectivity index (χ2n) is 5.61. The Balaban J connectivity index is 1.71. The Kier molecular flexibility index (Phi) is 4.08. The molecule has 3 rings (SSSR count). The first-order valence-corrected chi connectivity index (χ1v) is 8.24. The lowest BCUT2D eigenvalue weighted by Crippen LogP contribution is -2.34. The highest BCUT2D eigenvalue weighted by atomic mass is 32.2. The van der Waals surface area contributed by atoms with Crippen LogP contribution in [0, 0.1) is 5.92 Å². The zero-order chi connectivity index (χ0) is 15.0. The first-order valence-electron chi connectivity index (χ1n) is 6.95. The van der Waals surface area contributed by atoms with Crippen molar-refractivity contribution >= 4 is 34.2 Å². The fourth-order valence-electron chi connectivity index (χ4n) is 2.44. The predicted molar refractivity (Wildman–Crippen MR) is 86.8 cm³/mol. The van der Waals surface area contributed by atoms with Crippen molar-refractivity contribution in [1.82, 2.24) is 4.90 Å². The SMILES string of the molecule is CC(C)CN1C(=O)[C@@H](Cc2ccc3c(c2)OCO3)SC1=S. The standard InChI is InChI=1S/C15H17NO3S2/c1-9(2)7-16-14(17)13(21-15(16)20)6-10-3-4-11-12(5-10)19-8-18-11/h3-5,9,13H,6-8H2,1-2H3/t13-/m1/s1. The van der Waals surface area contributed by atoms with Crippen LogP contribution in [0.2, 0.25) is 0 Å². The monoisotopic (exact) mass is 323 g/mol. The third kappa shape index (κ3) is 3.01. The summed E-state index contributed by atoms with van der Waals surface area (Å²) in [7, 11) is 0. The molecule has 0 bridgehead atoms. The molecular formula is C15H17NO3S2. The first kappa shape index (κ1) is 14.7. The van der Waals surface area contributed by atoms with Gasteiger partial charge in [-0.1, -0.05) is 43.9 Å². The van der Waals surface area contributed by atoms with Gasteiger partial charge in [0.2, 0.25) is 12.7 Å². The quantitative estimate of drug-likeness (QED) is 0.797. The van der Waals surface area contributed by atoms with Crippen LogP contribution in [-0.4, -0.2) is 33.7 Å². The van der Waals surface area contributed by atoms with Gasteiger partial charge in [-0.05, 0) is 30.0 Å². The molecule has 2 heterocycles. The Morgan fingerprint density at radius 1 is 1.38 bits per heavy atom. The maximum absolute atomic E-state index is 12.5. The molecule has 1 aromatic rings. The largest absolute Gasteiger partial charge is 0.454 e. The summed E-state index contributed by atoms with van der Waals surface area (Å²) >= 11 is 6.82. The second-order valence-corrected chi connectivity index (χ2v) is 7.44. The van der Waals surface area contributed by atoms with Crippen LogP contribution in [0.15, 0.2) is 18.2 Å². The predicted octanol–water partition coefficient (Wildman–Crippen LogP) is 2.84. The molecule has 0 spiro atoms. The normalized spacial score (nSPS) is 20.7. The number of ether oxygens (including phenoxy) is 2. The molecule has 0 unspecified atom stereocenters. The van der Waals surface area contributed by atoms with Crippen LogP contribution in [0.5, 0.6) is 11.5 Å². The van der Waals surface area contributed by atoms with Crippen LogP contribution in [0.4, 0.5) is 0 Å². The molecule has 21 heavy (non-hydrogen) atoms. The van der Waals surface area contributed by atoms with Crippen molar-refractivity contribution in [1.29, 1.82) is 0 Å². The number of hydrogen-bond donors (Lipinski definition) is 0. The van der Waals surface area contributed by atoms with E-state index in [9.17, 15) is 4.79 Å². The highest BCUT2D eigenvalue weighted by molar-refractivity contribution is 8.24. The Morgan fingerprint density at radius 2 is 2.14 bits per heavy atom. The van der Waals surface area contributed by atoms with E-state index in [1.165, 1.54) is 11.8 Å². The van der Waals surface area contributed by atoms with Crippen LogP contribution in [0.25, 0.3) is 0 Å². The minimum absolute atomic E-state index is 0.122. The van der Waals surface area contributed by atoms with E-state index >= 15 is 0 Å². The molecule has 0 saturated carbocycles. The minimum Gasteiger partial charge on any atom is -0.454 e. The molecule has 0 radical (unpaired) electrons. The smallest absolute Gasteiger partial charge is 0.241 e. The molecule has 2 aliphatic heterocycles. The van der Waals surface area contributed by atoms with E-state index in [1.54, 1.807) is 4.90 Å². The molecular weight excluding hydrogens is 306 g/mol. The highest BCUT2D eigenvalue weighted by Crippen LogP contribution is 2.35. The summed E-state index contributed by atoms with van der Waals surface area (Å²) < 4.78 is 11.4. The van der Waals surface area contributed by atoms with Gasteiger partial charge in [-0.15, -0.1) is 0 Å². The zero-order valence-corrected chi connectivity index (χ0v) is 13.6. The summed E-state index contributed by atoms with van der Waals surface area (Å²) in [5.74, 6) is 2.05. The van der Waals surface area contributed by atoms with Gasteiger partial charge in [0.05, 0.1) is 5.25 Å². The maximum atomic E-state index is 12.5. The average molecular weight is 323 g/mol. The van der Waals surface area contributed by atoms with Gasteiger partial charge in [-0.2, -0.15) is 0 Å². The van der Waals surface area contributed by atoms with Gasteiger partial charge in [-0.3, -0.25) is 9.69 Å². The fraction of sp³-hybridized carbons (Fsp3) is 0.467. The summed E-state index contributed by atoms with van der Waals surface area (Å²) in [5, 5.41) is -0.128.